The monoisotopic (exact) mass is 214 g/mol. The van der Waals surface area contributed by atoms with E-state index in [9.17, 15) is 0 Å². The minimum absolute atomic E-state index is 0.365. The standard InChI is InChI=1S/C12H26N2O/c1-4-10(3)14(5-2)11(9-13)12-7-6-8-15-12/h10-12H,4-9,13H2,1-3H3. The molecular formula is C12H26N2O. The lowest BCUT2D eigenvalue weighted by Crippen LogP contribution is -2.51. The van der Waals surface area contributed by atoms with E-state index in [-0.39, 0.29) is 0 Å². The molecule has 0 saturated carbocycles. The second-order valence-corrected chi connectivity index (χ2v) is 4.44. The van der Waals surface area contributed by atoms with Crippen LogP contribution < -0.4 is 5.73 Å². The molecule has 0 bridgehead atoms. The summed E-state index contributed by atoms with van der Waals surface area (Å²) in [5, 5.41) is 0. The van der Waals surface area contributed by atoms with Crippen molar-refractivity contribution in [2.24, 2.45) is 5.73 Å². The number of hydrogen-bond acceptors (Lipinski definition) is 3. The first-order valence-corrected chi connectivity index (χ1v) is 6.31. The van der Waals surface area contributed by atoms with E-state index in [1.165, 1.54) is 19.3 Å². The third kappa shape index (κ3) is 3.16. The average Bonchev–Trinajstić information content (AvgIpc) is 2.77. The largest absolute Gasteiger partial charge is 0.377 e. The number of ether oxygens (including phenoxy) is 1. The Morgan fingerprint density at radius 1 is 1.47 bits per heavy atom. The fourth-order valence-electron chi connectivity index (χ4n) is 2.51. The van der Waals surface area contributed by atoms with E-state index in [4.69, 9.17) is 10.5 Å². The molecule has 3 nitrogen and oxygen atoms in total. The van der Waals surface area contributed by atoms with Gasteiger partial charge in [-0.1, -0.05) is 13.8 Å². The van der Waals surface area contributed by atoms with Crippen molar-refractivity contribution in [1.29, 1.82) is 0 Å². The smallest absolute Gasteiger partial charge is 0.0743 e. The molecule has 3 unspecified atom stereocenters. The van der Waals surface area contributed by atoms with Crippen molar-refractivity contribution >= 4 is 0 Å². The van der Waals surface area contributed by atoms with Crippen LogP contribution >= 0.6 is 0 Å². The zero-order valence-electron chi connectivity index (χ0n) is 10.4. The fraction of sp³-hybridized carbons (Fsp3) is 1.00. The van der Waals surface area contributed by atoms with Gasteiger partial charge >= 0.3 is 0 Å². The molecule has 0 amide bonds. The third-order valence-electron chi connectivity index (χ3n) is 3.58. The first kappa shape index (κ1) is 12.9. The minimum atomic E-state index is 0.365. The van der Waals surface area contributed by atoms with Gasteiger partial charge in [0.2, 0.25) is 0 Å². The SMILES string of the molecule is CCC(C)N(CC)C(CN)C1CCCO1. The van der Waals surface area contributed by atoms with E-state index in [0.717, 1.165) is 13.2 Å². The van der Waals surface area contributed by atoms with Gasteiger partial charge in [-0.2, -0.15) is 0 Å². The van der Waals surface area contributed by atoms with Crippen LogP contribution in [-0.4, -0.2) is 42.8 Å². The van der Waals surface area contributed by atoms with Crippen molar-refractivity contribution in [1.82, 2.24) is 4.90 Å². The second kappa shape index (κ2) is 6.46. The van der Waals surface area contributed by atoms with Crippen LogP contribution in [0.3, 0.4) is 0 Å². The quantitative estimate of drug-likeness (QED) is 0.730. The summed E-state index contributed by atoms with van der Waals surface area (Å²) in [6, 6.07) is 1.01. The Morgan fingerprint density at radius 2 is 2.20 bits per heavy atom. The molecule has 2 N–H and O–H groups in total. The average molecular weight is 214 g/mol. The molecule has 0 aromatic rings. The van der Waals surface area contributed by atoms with Crippen LogP contribution in [0.5, 0.6) is 0 Å². The predicted molar refractivity (Wildman–Crippen MR) is 63.9 cm³/mol. The molecule has 1 rings (SSSR count). The van der Waals surface area contributed by atoms with Crippen molar-refractivity contribution in [2.75, 3.05) is 19.7 Å². The summed E-state index contributed by atoms with van der Waals surface area (Å²) < 4.78 is 5.76. The van der Waals surface area contributed by atoms with Gasteiger partial charge in [0.05, 0.1) is 6.10 Å². The first-order valence-electron chi connectivity index (χ1n) is 6.31. The lowest BCUT2D eigenvalue weighted by molar-refractivity contribution is 0.0131. The molecule has 1 fully saturated rings. The minimum Gasteiger partial charge on any atom is -0.377 e. The Labute approximate surface area is 94.0 Å². The maximum atomic E-state index is 5.90. The Bertz CT molecular complexity index is 169. The molecule has 0 aromatic heterocycles. The fourth-order valence-corrected chi connectivity index (χ4v) is 2.51. The van der Waals surface area contributed by atoms with E-state index >= 15 is 0 Å². The molecule has 0 aliphatic carbocycles. The van der Waals surface area contributed by atoms with Crippen LogP contribution in [0.4, 0.5) is 0 Å². The van der Waals surface area contributed by atoms with Crippen LogP contribution in [0.25, 0.3) is 0 Å². The molecule has 0 spiro atoms. The zero-order chi connectivity index (χ0) is 11.3. The number of rotatable bonds is 6. The van der Waals surface area contributed by atoms with E-state index in [1.54, 1.807) is 0 Å². The van der Waals surface area contributed by atoms with Gasteiger partial charge in [0.15, 0.2) is 0 Å². The maximum Gasteiger partial charge on any atom is 0.0743 e. The summed E-state index contributed by atoms with van der Waals surface area (Å²) in [5.74, 6) is 0. The van der Waals surface area contributed by atoms with Gasteiger partial charge < -0.3 is 10.5 Å². The highest BCUT2D eigenvalue weighted by Crippen LogP contribution is 2.21. The highest BCUT2D eigenvalue weighted by molar-refractivity contribution is 4.85. The van der Waals surface area contributed by atoms with Gasteiger partial charge in [0.1, 0.15) is 0 Å². The number of nitrogens with two attached hydrogens (primary N) is 1. The topological polar surface area (TPSA) is 38.5 Å². The molecule has 3 heteroatoms. The molecule has 3 atom stereocenters. The number of nitrogens with zero attached hydrogens (tertiary/aromatic N) is 1. The molecule has 1 saturated heterocycles. The summed E-state index contributed by atoms with van der Waals surface area (Å²) in [6.07, 6.45) is 3.91. The highest BCUT2D eigenvalue weighted by atomic mass is 16.5. The molecule has 90 valence electrons. The number of likely N-dealkylation sites (N-methyl/N-ethyl adjacent to an activating group) is 1. The molecule has 0 radical (unpaired) electrons. The maximum absolute atomic E-state index is 5.90. The molecule has 15 heavy (non-hydrogen) atoms. The Hall–Kier alpha value is -0.120. The van der Waals surface area contributed by atoms with Gasteiger partial charge in [0.25, 0.3) is 0 Å². The molecule has 1 heterocycles. The third-order valence-corrected chi connectivity index (χ3v) is 3.58. The molecule has 0 aromatic carbocycles. The van der Waals surface area contributed by atoms with Gasteiger partial charge in [-0.05, 0) is 32.7 Å². The lowest BCUT2D eigenvalue weighted by atomic mass is 10.0. The number of hydrogen-bond donors (Lipinski definition) is 1. The first-order chi connectivity index (χ1) is 7.24. The van der Waals surface area contributed by atoms with Gasteiger partial charge in [0, 0.05) is 25.2 Å². The summed E-state index contributed by atoms with van der Waals surface area (Å²) >= 11 is 0. The summed E-state index contributed by atoms with van der Waals surface area (Å²) in [7, 11) is 0. The molecular weight excluding hydrogens is 188 g/mol. The second-order valence-electron chi connectivity index (χ2n) is 4.44. The van der Waals surface area contributed by atoms with Gasteiger partial charge in [-0.3, -0.25) is 4.90 Å². The van der Waals surface area contributed by atoms with Crippen molar-refractivity contribution in [3.63, 3.8) is 0 Å². The van der Waals surface area contributed by atoms with E-state index in [0.29, 0.717) is 24.7 Å². The van der Waals surface area contributed by atoms with Gasteiger partial charge in [-0.25, -0.2) is 0 Å². The molecule has 1 aliphatic rings. The normalized spacial score (nSPS) is 25.8. The summed E-state index contributed by atoms with van der Waals surface area (Å²) in [6.45, 7) is 9.42. The van der Waals surface area contributed by atoms with Crippen molar-refractivity contribution in [3.05, 3.63) is 0 Å². The van der Waals surface area contributed by atoms with Crippen LogP contribution in [-0.2, 0) is 4.74 Å². The summed E-state index contributed by atoms with van der Waals surface area (Å²) in [5.41, 5.74) is 5.90. The van der Waals surface area contributed by atoms with E-state index < -0.39 is 0 Å². The van der Waals surface area contributed by atoms with Crippen LogP contribution in [0.15, 0.2) is 0 Å². The van der Waals surface area contributed by atoms with Crippen LogP contribution in [0, 0.1) is 0 Å². The Balaban J connectivity index is 2.60. The Kier molecular flexibility index (Phi) is 5.58. The lowest BCUT2D eigenvalue weighted by Gasteiger charge is -2.37. The molecule has 1 aliphatic heterocycles. The van der Waals surface area contributed by atoms with Crippen LogP contribution in [0.2, 0.25) is 0 Å². The van der Waals surface area contributed by atoms with E-state index in [1.807, 2.05) is 0 Å². The van der Waals surface area contributed by atoms with Crippen molar-refractivity contribution in [3.8, 4) is 0 Å². The summed E-state index contributed by atoms with van der Waals surface area (Å²) in [4.78, 5) is 2.50. The zero-order valence-corrected chi connectivity index (χ0v) is 10.4. The van der Waals surface area contributed by atoms with Crippen molar-refractivity contribution in [2.45, 2.75) is 58.2 Å². The van der Waals surface area contributed by atoms with Crippen molar-refractivity contribution < 1.29 is 4.74 Å². The Morgan fingerprint density at radius 3 is 2.60 bits per heavy atom. The van der Waals surface area contributed by atoms with E-state index in [2.05, 4.69) is 25.7 Å². The van der Waals surface area contributed by atoms with Gasteiger partial charge in [-0.15, -0.1) is 0 Å². The highest BCUT2D eigenvalue weighted by Gasteiger charge is 2.30. The predicted octanol–water partition coefficient (Wildman–Crippen LogP) is 1.61. The van der Waals surface area contributed by atoms with Crippen LogP contribution in [0.1, 0.15) is 40.0 Å².